The molecule has 24 heavy (non-hydrogen) atoms. The van der Waals surface area contributed by atoms with Crippen LogP contribution in [0, 0.1) is 0 Å². The van der Waals surface area contributed by atoms with Crippen molar-refractivity contribution in [3.05, 3.63) is 67.9 Å². The van der Waals surface area contributed by atoms with Crippen LogP contribution in [0.1, 0.15) is 10.4 Å². The minimum absolute atomic E-state index is 0.0727. The van der Waals surface area contributed by atoms with Crippen LogP contribution in [-0.2, 0) is 0 Å². The van der Waals surface area contributed by atoms with E-state index in [-0.39, 0.29) is 16.9 Å². The topological polar surface area (TPSA) is 65.7 Å². The number of esters is 1. The second-order valence-corrected chi connectivity index (χ2v) is 6.10. The van der Waals surface area contributed by atoms with E-state index in [4.69, 9.17) is 25.5 Å². The first-order chi connectivity index (χ1) is 11.5. The summed E-state index contributed by atoms with van der Waals surface area (Å²) < 4.78 is 16.1. The highest BCUT2D eigenvalue weighted by Crippen LogP contribution is 2.29. The van der Waals surface area contributed by atoms with Crippen LogP contribution in [0.2, 0.25) is 5.02 Å². The second kappa shape index (κ2) is 6.67. The Morgan fingerprint density at radius 2 is 1.96 bits per heavy atom. The van der Waals surface area contributed by atoms with Crippen molar-refractivity contribution in [3.8, 4) is 11.5 Å². The van der Waals surface area contributed by atoms with Gasteiger partial charge < -0.3 is 13.9 Å². The Hall–Kier alpha value is -2.31. The maximum atomic E-state index is 12.5. The molecule has 0 aliphatic carbocycles. The van der Waals surface area contributed by atoms with Crippen molar-refractivity contribution in [3.63, 3.8) is 0 Å². The number of carbonyl (C=O) groups is 1. The average molecular weight is 410 g/mol. The maximum Gasteiger partial charge on any atom is 0.344 e. The van der Waals surface area contributed by atoms with Gasteiger partial charge in [0.2, 0.25) is 0 Å². The molecule has 0 aliphatic heterocycles. The van der Waals surface area contributed by atoms with Crippen molar-refractivity contribution in [2.45, 2.75) is 0 Å². The second-order valence-electron chi connectivity index (χ2n) is 4.81. The van der Waals surface area contributed by atoms with E-state index in [1.54, 1.807) is 24.3 Å². The van der Waals surface area contributed by atoms with Gasteiger partial charge in [-0.15, -0.1) is 0 Å². The maximum absolute atomic E-state index is 12.5. The van der Waals surface area contributed by atoms with Crippen LogP contribution in [0.3, 0.4) is 0 Å². The molecule has 0 N–H and O–H groups in total. The average Bonchev–Trinajstić information content (AvgIpc) is 2.55. The van der Waals surface area contributed by atoms with Crippen molar-refractivity contribution in [1.82, 2.24) is 0 Å². The monoisotopic (exact) mass is 408 g/mol. The molecule has 0 spiro atoms. The van der Waals surface area contributed by atoms with Crippen molar-refractivity contribution >= 4 is 44.5 Å². The number of benzene rings is 2. The highest BCUT2D eigenvalue weighted by molar-refractivity contribution is 9.10. The van der Waals surface area contributed by atoms with Gasteiger partial charge in [-0.1, -0.05) is 11.6 Å². The van der Waals surface area contributed by atoms with Gasteiger partial charge in [-0.05, 0) is 52.3 Å². The molecule has 0 saturated heterocycles. The summed E-state index contributed by atoms with van der Waals surface area (Å²) in [5, 5.41) is 0.852. The fraction of sp³-hybridized carbons (Fsp3) is 0.0588. The molecule has 0 radical (unpaired) electrons. The summed E-state index contributed by atoms with van der Waals surface area (Å²) in [6.45, 7) is 0. The Bertz CT molecular complexity index is 996. The molecule has 0 bridgehead atoms. The Kier molecular flexibility index (Phi) is 4.59. The van der Waals surface area contributed by atoms with E-state index in [9.17, 15) is 9.59 Å². The predicted molar refractivity (Wildman–Crippen MR) is 93.1 cm³/mol. The van der Waals surface area contributed by atoms with Crippen molar-refractivity contribution in [2.24, 2.45) is 0 Å². The molecular formula is C17H10BrClO5. The first-order valence-electron chi connectivity index (χ1n) is 6.77. The molecule has 0 aliphatic rings. The quantitative estimate of drug-likeness (QED) is 0.473. The fourth-order valence-corrected chi connectivity index (χ4v) is 2.71. The van der Waals surface area contributed by atoms with Gasteiger partial charge in [-0.25, -0.2) is 9.59 Å². The molecular weight excluding hydrogens is 400 g/mol. The summed E-state index contributed by atoms with van der Waals surface area (Å²) in [4.78, 5) is 24.1. The van der Waals surface area contributed by atoms with Gasteiger partial charge >= 0.3 is 11.6 Å². The van der Waals surface area contributed by atoms with Crippen LogP contribution in [0.15, 0.2) is 56.1 Å². The third-order valence-electron chi connectivity index (χ3n) is 3.26. The normalized spacial score (nSPS) is 10.6. The van der Waals surface area contributed by atoms with Gasteiger partial charge in [-0.3, -0.25) is 0 Å². The van der Waals surface area contributed by atoms with E-state index >= 15 is 0 Å². The Balaban J connectivity index is 2.05. The van der Waals surface area contributed by atoms with Crippen LogP contribution in [0.4, 0.5) is 0 Å². The van der Waals surface area contributed by atoms with Gasteiger partial charge in [0, 0.05) is 9.50 Å². The number of hydrogen-bond acceptors (Lipinski definition) is 5. The van der Waals surface area contributed by atoms with Crippen LogP contribution in [-0.4, -0.2) is 13.1 Å². The Labute approximate surface area is 149 Å². The van der Waals surface area contributed by atoms with E-state index in [1.807, 2.05) is 0 Å². The molecule has 0 amide bonds. The highest BCUT2D eigenvalue weighted by atomic mass is 79.9. The molecule has 3 aromatic rings. The summed E-state index contributed by atoms with van der Waals surface area (Å²) in [5.74, 6) is -0.0678. The summed E-state index contributed by atoms with van der Waals surface area (Å²) in [6.07, 6.45) is 0. The van der Waals surface area contributed by atoms with E-state index in [2.05, 4.69) is 15.9 Å². The summed E-state index contributed by atoms with van der Waals surface area (Å²) >= 11 is 9.26. The largest absolute Gasteiger partial charge is 0.497 e. The first-order valence-corrected chi connectivity index (χ1v) is 7.94. The lowest BCUT2D eigenvalue weighted by molar-refractivity contribution is 0.0735. The van der Waals surface area contributed by atoms with Crippen LogP contribution < -0.4 is 15.1 Å². The standard InChI is InChI=1S/C17H10BrClO5/c1-22-10-3-4-13(18)11(7-10)17(21)24-15-8-16(20)23-14-5-2-9(19)6-12(14)15/h2-8H,1H3. The van der Waals surface area contributed by atoms with Crippen LogP contribution in [0.25, 0.3) is 11.0 Å². The smallest absolute Gasteiger partial charge is 0.344 e. The lowest BCUT2D eigenvalue weighted by atomic mass is 10.2. The molecule has 122 valence electrons. The third-order valence-corrected chi connectivity index (χ3v) is 4.19. The van der Waals surface area contributed by atoms with Crippen LogP contribution >= 0.6 is 27.5 Å². The number of rotatable bonds is 3. The van der Waals surface area contributed by atoms with Gasteiger partial charge in [0.15, 0.2) is 0 Å². The molecule has 2 aromatic carbocycles. The SMILES string of the molecule is COc1ccc(Br)c(C(=O)Oc2cc(=O)oc3ccc(Cl)cc23)c1. The Morgan fingerprint density at radius 1 is 1.17 bits per heavy atom. The van der Waals surface area contributed by atoms with Gasteiger partial charge in [0.1, 0.15) is 17.1 Å². The number of halogens is 2. The van der Waals surface area contributed by atoms with E-state index in [0.717, 1.165) is 6.07 Å². The molecule has 0 saturated carbocycles. The summed E-state index contributed by atoms with van der Waals surface area (Å²) in [7, 11) is 1.50. The molecule has 7 heteroatoms. The van der Waals surface area contributed by atoms with E-state index < -0.39 is 11.6 Å². The minimum Gasteiger partial charge on any atom is -0.497 e. The Morgan fingerprint density at radius 3 is 2.71 bits per heavy atom. The number of carbonyl (C=O) groups excluding carboxylic acids is 1. The molecule has 0 atom stereocenters. The molecule has 1 aromatic heterocycles. The predicted octanol–water partition coefficient (Wildman–Crippen LogP) is 4.44. The molecule has 3 rings (SSSR count). The summed E-state index contributed by atoms with van der Waals surface area (Å²) in [6, 6.07) is 10.7. The fourth-order valence-electron chi connectivity index (χ4n) is 2.13. The lowest BCUT2D eigenvalue weighted by Gasteiger charge is -2.09. The summed E-state index contributed by atoms with van der Waals surface area (Å²) in [5.41, 5.74) is -0.0884. The number of fused-ring (bicyclic) bond motifs is 1. The molecule has 0 unspecified atom stereocenters. The van der Waals surface area contributed by atoms with Crippen molar-refractivity contribution < 1.29 is 18.7 Å². The first kappa shape index (κ1) is 16.5. The van der Waals surface area contributed by atoms with E-state index in [1.165, 1.54) is 19.2 Å². The zero-order valence-electron chi connectivity index (χ0n) is 12.3. The lowest BCUT2D eigenvalue weighted by Crippen LogP contribution is -2.11. The number of ether oxygens (including phenoxy) is 2. The zero-order valence-corrected chi connectivity index (χ0v) is 14.7. The van der Waals surface area contributed by atoms with Crippen LogP contribution in [0.5, 0.6) is 11.5 Å². The van der Waals surface area contributed by atoms with E-state index in [0.29, 0.717) is 20.6 Å². The van der Waals surface area contributed by atoms with Gasteiger partial charge in [0.05, 0.1) is 24.1 Å². The third kappa shape index (κ3) is 3.29. The highest BCUT2D eigenvalue weighted by Gasteiger charge is 2.17. The number of methoxy groups -OCH3 is 1. The zero-order chi connectivity index (χ0) is 17.3. The molecule has 0 fully saturated rings. The van der Waals surface area contributed by atoms with Crippen molar-refractivity contribution in [1.29, 1.82) is 0 Å². The molecule has 1 heterocycles. The minimum atomic E-state index is -0.646. The van der Waals surface area contributed by atoms with Gasteiger partial charge in [-0.2, -0.15) is 0 Å². The number of hydrogen-bond donors (Lipinski definition) is 0. The van der Waals surface area contributed by atoms with Crippen molar-refractivity contribution in [2.75, 3.05) is 7.11 Å². The van der Waals surface area contributed by atoms with Gasteiger partial charge in [0.25, 0.3) is 0 Å². The molecule has 5 nitrogen and oxygen atoms in total.